The molecule has 29 nitrogen and oxygen atoms in total. The van der Waals surface area contributed by atoms with Gasteiger partial charge in [-0.25, -0.2) is 53.0 Å². The molecule has 0 aliphatic carbocycles. The normalized spacial score (nSPS) is 15.1. The molecular formula is C86H91F3N22O7S4. The summed E-state index contributed by atoms with van der Waals surface area (Å²) in [6.07, 6.45) is 5.07. The fourth-order valence-electron chi connectivity index (χ4n) is 14.2. The van der Waals surface area contributed by atoms with Crippen molar-refractivity contribution in [2.24, 2.45) is 11.8 Å². The molecule has 6 unspecified atom stereocenters. The first kappa shape index (κ1) is 87.4. The summed E-state index contributed by atoms with van der Waals surface area (Å²) in [5, 5.41) is 18.8. The Balaban J connectivity index is 0.000000140. The van der Waals surface area contributed by atoms with Gasteiger partial charge in [0.15, 0.2) is 45.5 Å². The van der Waals surface area contributed by atoms with E-state index >= 15 is 0 Å². The van der Waals surface area contributed by atoms with Crippen LogP contribution in [0.15, 0.2) is 128 Å². The highest BCUT2D eigenvalue weighted by molar-refractivity contribution is 7.20. The maximum absolute atomic E-state index is 13.6. The van der Waals surface area contributed by atoms with Gasteiger partial charge in [-0.15, -0.1) is 45.3 Å². The average Bonchev–Trinajstić information content (AvgIpc) is 1.54. The van der Waals surface area contributed by atoms with Crippen LogP contribution in [-0.4, -0.2) is 185 Å². The number of thiazole rings is 4. The number of halogens is 3. The molecule has 3 aliphatic heterocycles. The quantitative estimate of drug-likeness (QED) is 0.0371. The Kier molecular flexibility index (Phi) is 27.6. The highest BCUT2D eigenvalue weighted by Crippen LogP contribution is 2.35. The lowest BCUT2D eigenvalue weighted by atomic mass is 9.94. The van der Waals surface area contributed by atoms with Crippen molar-refractivity contribution in [3.8, 4) is 0 Å². The number of carbonyl (C=O) groups excluding carboxylic acids is 7. The van der Waals surface area contributed by atoms with E-state index in [9.17, 15) is 46.7 Å². The first-order valence-electron chi connectivity index (χ1n) is 39.6. The van der Waals surface area contributed by atoms with Gasteiger partial charge in [0.1, 0.15) is 47.7 Å². The Morgan fingerprint density at radius 3 is 1.21 bits per heavy atom. The summed E-state index contributed by atoms with van der Waals surface area (Å²) in [5.74, 6) is -0.344. The number of carbonyl (C=O) groups is 7. The summed E-state index contributed by atoms with van der Waals surface area (Å²) in [6, 6.07) is 31.9. The number of amides is 5. The average molecular weight is 1730 g/mol. The van der Waals surface area contributed by atoms with Crippen LogP contribution in [0.2, 0.25) is 0 Å². The van der Waals surface area contributed by atoms with Gasteiger partial charge in [0, 0.05) is 97.5 Å². The summed E-state index contributed by atoms with van der Waals surface area (Å²) in [5.41, 5.74) is 7.58. The largest absolute Gasteiger partial charge is 0.352 e. The highest BCUT2D eigenvalue weighted by Gasteiger charge is 2.40. The first-order valence-corrected chi connectivity index (χ1v) is 42.9. The summed E-state index contributed by atoms with van der Waals surface area (Å²) in [4.78, 5) is 152. The highest BCUT2D eigenvalue weighted by atomic mass is 32.1. The van der Waals surface area contributed by atoms with Crippen molar-refractivity contribution in [1.82, 2.24) is 89.7 Å². The van der Waals surface area contributed by atoms with Gasteiger partial charge >= 0.3 is 0 Å². The van der Waals surface area contributed by atoms with E-state index in [1.807, 2.05) is 117 Å². The summed E-state index contributed by atoms with van der Waals surface area (Å²) < 4.78 is 43.4. The molecule has 4 aromatic carbocycles. The molecule has 9 aromatic heterocycles. The lowest BCUT2D eigenvalue weighted by molar-refractivity contribution is -0.137. The molecule has 0 spiro atoms. The van der Waals surface area contributed by atoms with E-state index < -0.39 is 0 Å². The number of nitrogens with one attached hydrogen (secondary N) is 5. The lowest BCUT2D eigenvalue weighted by Gasteiger charge is -2.39. The first-order chi connectivity index (χ1) is 58.3. The van der Waals surface area contributed by atoms with E-state index in [2.05, 4.69) is 91.4 Å². The van der Waals surface area contributed by atoms with Gasteiger partial charge in [0.25, 0.3) is 17.7 Å². The topological polar surface area (TPSA) is 360 Å². The Morgan fingerprint density at radius 2 is 0.828 bits per heavy atom. The molecule has 0 bridgehead atoms. The number of hydrogen-bond acceptors (Lipinski definition) is 28. The molecule has 3 saturated heterocycles. The summed E-state index contributed by atoms with van der Waals surface area (Å²) in [7, 11) is 3.41. The van der Waals surface area contributed by atoms with Crippen molar-refractivity contribution in [2.75, 3.05) is 74.6 Å². The van der Waals surface area contributed by atoms with Gasteiger partial charge in [-0.05, 0) is 145 Å². The molecule has 0 saturated carbocycles. The van der Waals surface area contributed by atoms with Crippen molar-refractivity contribution >= 4 is 152 Å². The van der Waals surface area contributed by atoms with Gasteiger partial charge in [-0.1, -0.05) is 79.7 Å². The SMILES string of the molecule is CC(=O)CC1CN(C(=O)c2nc(NC(C)c3cccc(F)c3)nc3nc(C)sc23)C1.CC(=O)NC1CCN(C(=O)c2nc(NC(C)c3cccc(F)c3)nc3nc(C)sc23)C1.Cc1nc2nc(NC(C)c3cccc(F)c3)nc(C(=O)N3CC(C(=O)N(C)C)C3)c2s1.Cc1nc2nc(NC(C)c3ccccc3)nc(C(=O)CC(C)c3cccnc3)c2s1. The number of likely N-dealkylation sites (tertiary alicyclic amines) is 3. The molecule has 3 fully saturated rings. The molecule has 16 rings (SSSR count). The van der Waals surface area contributed by atoms with E-state index in [0.29, 0.717) is 113 Å². The lowest BCUT2D eigenvalue weighted by Crippen LogP contribution is -2.55. The maximum atomic E-state index is 13.6. The molecule has 5 N–H and O–H groups in total. The number of Topliss-reactive ketones (excluding diaryl/α,β-unsaturated/α-hetero) is 2. The second-order valence-electron chi connectivity index (χ2n) is 30.5. The molecular weight excluding hydrogens is 1640 g/mol. The van der Waals surface area contributed by atoms with Crippen molar-refractivity contribution in [3.05, 3.63) is 216 Å². The summed E-state index contributed by atoms with van der Waals surface area (Å²) in [6.45, 7) is 23.0. The molecule has 122 heavy (non-hydrogen) atoms. The minimum absolute atomic E-state index is 0.000603. The number of anilines is 4. The van der Waals surface area contributed by atoms with E-state index in [1.54, 1.807) is 72.4 Å². The summed E-state index contributed by atoms with van der Waals surface area (Å²) >= 11 is 5.57. The molecule has 3 aliphatic rings. The number of pyridine rings is 1. The number of nitrogens with zero attached hydrogens (tertiary/aromatic N) is 17. The van der Waals surface area contributed by atoms with Gasteiger partial charge in [-0.2, -0.15) is 19.9 Å². The third-order valence-corrected chi connectivity index (χ3v) is 24.3. The number of rotatable bonds is 23. The second-order valence-corrected chi connectivity index (χ2v) is 35.4. The fraction of sp³-hybridized carbons (Fsp3) is 0.349. The molecule has 12 heterocycles. The standard InChI is InChI=1S/C23H23N5OS.2C21H23FN6O2S.C21H22FN5O2S/c1-14(18-10-7-11-24-13-18)12-19(29)20-21-22(26-16(3)30-21)28-23(27-20)25-15(2)17-8-5-4-6-9-17;1-11(13-6-5-7-15(22)8-13)23-21-25-16(17-18(26-21)24-12(2)31-17)20(30)28-9-14(10-28)19(29)27(3)4;1-11(14-5-4-6-15(22)9-14)23-21-26-17(18-19(27-21)25-13(3)31-18)20(30)28-8-7-16(10-28)24-12(2)29;1-11(28)7-14-9-27(10-14)20(29)17-18-19(24-13(3)30-18)26-21(25-17)23-12(2)15-5-4-6-16(22)8-15/h4-11,13-15H,12H2,1-3H3,(H,25,27,28);5-8,11,14H,9-10H2,1-4H3,(H,23,25,26);4-6,9,11,16H,7-8,10H2,1-3H3,(H,24,29)(H,23,26,27);4-6,8,12,14H,7,9-10H2,1-3H3,(H,23,25,26). The second kappa shape index (κ2) is 38.5. The third-order valence-electron chi connectivity index (χ3n) is 20.5. The Bertz CT molecular complexity index is 6050. The van der Waals surface area contributed by atoms with E-state index in [0.717, 1.165) is 52.5 Å². The van der Waals surface area contributed by atoms with Crippen LogP contribution < -0.4 is 26.6 Å². The van der Waals surface area contributed by atoms with E-state index in [4.69, 9.17) is 0 Å². The Labute approximate surface area is 717 Å². The van der Waals surface area contributed by atoms with Crippen LogP contribution in [0.1, 0.15) is 188 Å². The molecule has 632 valence electrons. The van der Waals surface area contributed by atoms with Crippen LogP contribution in [0.5, 0.6) is 0 Å². The molecule has 6 atom stereocenters. The number of ketones is 2. The molecule has 13 aromatic rings. The number of hydrogen-bond donors (Lipinski definition) is 5. The minimum Gasteiger partial charge on any atom is -0.352 e. The number of fused-ring (bicyclic) bond motifs is 4. The predicted octanol–water partition coefficient (Wildman–Crippen LogP) is 15.0. The number of aromatic nitrogens is 13. The van der Waals surface area contributed by atoms with Crippen LogP contribution in [-0.2, 0) is 14.4 Å². The maximum Gasteiger partial charge on any atom is 0.274 e. The molecule has 5 amide bonds. The monoisotopic (exact) mass is 1730 g/mol. The van der Waals surface area contributed by atoms with E-state index in [-0.39, 0.29) is 136 Å². The zero-order valence-electron chi connectivity index (χ0n) is 69.3. The number of benzene rings is 4. The zero-order chi connectivity index (χ0) is 86.9. The van der Waals surface area contributed by atoms with Gasteiger partial charge < -0.3 is 51.0 Å². The molecule has 36 heteroatoms. The van der Waals surface area contributed by atoms with Gasteiger partial charge in [0.05, 0.1) is 50.1 Å². The van der Waals surface area contributed by atoms with Crippen LogP contribution in [0.4, 0.5) is 37.0 Å². The van der Waals surface area contributed by atoms with Crippen molar-refractivity contribution in [3.63, 3.8) is 0 Å². The molecule has 0 radical (unpaired) electrons. The minimum atomic E-state index is -0.326. The number of aryl methyl sites for hydroxylation is 4. The van der Waals surface area contributed by atoms with Crippen molar-refractivity contribution in [2.45, 2.75) is 132 Å². The third kappa shape index (κ3) is 21.5. The van der Waals surface area contributed by atoms with E-state index in [1.165, 1.54) is 93.6 Å². The zero-order valence-corrected chi connectivity index (χ0v) is 72.6. The smallest absolute Gasteiger partial charge is 0.274 e. The van der Waals surface area contributed by atoms with Crippen molar-refractivity contribution < 1.29 is 46.7 Å². The van der Waals surface area contributed by atoms with Crippen LogP contribution in [0, 0.1) is 57.0 Å². The van der Waals surface area contributed by atoms with Crippen LogP contribution >= 0.6 is 45.3 Å². The van der Waals surface area contributed by atoms with Crippen molar-refractivity contribution in [1.29, 1.82) is 0 Å². The fourth-order valence-corrected chi connectivity index (χ4v) is 17.6. The van der Waals surface area contributed by atoms with Crippen LogP contribution in [0.25, 0.3) is 41.4 Å². The van der Waals surface area contributed by atoms with Gasteiger partial charge in [-0.3, -0.25) is 33.8 Å². The predicted molar refractivity (Wildman–Crippen MR) is 466 cm³/mol. The Hall–Kier alpha value is -12.4. The Morgan fingerprint density at radius 1 is 0.451 bits per heavy atom. The van der Waals surface area contributed by atoms with Crippen LogP contribution in [0.3, 0.4) is 0 Å². The van der Waals surface area contributed by atoms with Gasteiger partial charge in [0.2, 0.25) is 35.6 Å².